The van der Waals surface area contributed by atoms with Crippen LogP contribution in [0.25, 0.3) is 0 Å². The van der Waals surface area contributed by atoms with Crippen molar-refractivity contribution in [1.29, 1.82) is 0 Å². The highest BCUT2D eigenvalue weighted by molar-refractivity contribution is 5.87. The molecule has 1 N–H and O–H groups in total. The molecule has 2 aliphatic rings. The molecule has 1 aromatic rings. The molecule has 1 saturated carbocycles. The van der Waals surface area contributed by atoms with Crippen molar-refractivity contribution in [3.63, 3.8) is 0 Å². The number of benzene rings is 1. The van der Waals surface area contributed by atoms with Crippen molar-refractivity contribution < 1.29 is 23.9 Å². The number of nitrogens with zero attached hydrogens (tertiary/aromatic N) is 2. The summed E-state index contributed by atoms with van der Waals surface area (Å²) in [6.07, 6.45) is 3.60. The molecule has 1 heterocycles. The summed E-state index contributed by atoms with van der Waals surface area (Å²) >= 11 is 0. The predicted octanol–water partition coefficient (Wildman–Crippen LogP) is 3.55. The maximum Gasteiger partial charge on any atom is 0.409 e. The van der Waals surface area contributed by atoms with Gasteiger partial charge in [0.2, 0.25) is 0 Å². The highest BCUT2D eigenvalue weighted by Crippen LogP contribution is 2.30. The third kappa shape index (κ3) is 6.37. The molecule has 8 nitrogen and oxygen atoms in total. The normalized spacial score (nSPS) is 18.2. The number of carbonyl (C=O) groups excluding carboxylic acids is 3. The van der Waals surface area contributed by atoms with Gasteiger partial charge in [-0.15, -0.1) is 0 Å². The molecule has 3 amide bonds. The average Bonchev–Trinajstić information content (AvgIpc) is 2.82. The number of esters is 1. The number of ether oxygens (including phenoxy) is 2. The van der Waals surface area contributed by atoms with Crippen LogP contribution < -0.4 is 5.32 Å². The van der Waals surface area contributed by atoms with Crippen molar-refractivity contribution in [2.45, 2.75) is 58.1 Å². The zero-order chi connectivity index (χ0) is 23.0. The summed E-state index contributed by atoms with van der Waals surface area (Å²) < 4.78 is 10.9. The SMILES string of the molecule is CC(C)COC(=O)N1CCN(C(=O)NC2(C(=O)OCc3ccccc3)CCCCC2)CC1. The van der Waals surface area contributed by atoms with Crippen LogP contribution in [-0.4, -0.2) is 66.2 Å². The second-order valence-corrected chi connectivity index (χ2v) is 9.08. The molecule has 1 saturated heterocycles. The highest BCUT2D eigenvalue weighted by Gasteiger charge is 2.43. The molecule has 0 atom stereocenters. The van der Waals surface area contributed by atoms with Gasteiger partial charge in [-0.25, -0.2) is 14.4 Å². The van der Waals surface area contributed by atoms with Gasteiger partial charge in [0.1, 0.15) is 12.1 Å². The molecule has 0 bridgehead atoms. The van der Waals surface area contributed by atoms with E-state index >= 15 is 0 Å². The van der Waals surface area contributed by atoms with Gasteiger partial charge in [-0.05, 0) is 24.3 Å². The Kier molecular flexibility index (Phi) is 8.36. The molecule has 1 aliphatic carbocycles. The average molecular weight is 446 g/mol. The molecule has 0 radical (unpaired) electrons. The summed E-state index contributed by atoms with van der Waals surface area (Å²) in [5, 5.41) is 3.00. The maximum atomic E-state index is 13.1. The van der Waals surface area contributed by atoms with E-state index in [0.717, 1.165) is 24.8 Å². The van der Waals surface area contributed by atoms with E-state index in [1.165, 1.54) is 0 Å². The molecule has 3 rings (SSSR count). The van der Waals surface area contributed by atoms with Crippen molar-refractivity contribution in [1.82, 2.24) is 15.1 Å². The van der Waals surface area contributed by atoms with Crippen LogP contribution in [0.5, 0.6) is 0 Å². The Morgan fingerprint density at radius 3 is 2.19 bits per heavy atom. The van der Waals surface area contributed by atoms with Crippen LogP contribution in [0.1, 0.15) is 51.5 Å². The van der Waals surface area contributed by atoms with Crippen LogP contribution in [0.2, 0.25) is 0 Å². The van der Waals surface area contributed by atoms with E-state index in [2.05, 4.69) is 5.32 Å². The Labute approximate surface area is 190 Å². The molecule has 0 unspecified atom stereocenters. The summed E-state index contributed by atoms with van der Waals surface area (Å²) in [5.41, 5.74) is -0.0733. The minimum atomic E-state index is -0.989. The summed E-state index contributed by atoms with van der Waals surface area (Å²) in [6, 6.07) is 9.26. The first kappa shape index (κ1) is 23.9. The first-order valence-corrected chi connectivity index (χ1v) is 11.6. The Hall–Kier alpha value is -2.77. The van der Waals surface area contributed by atoms with E-state index in [4.69, 9.17) is 9.47 Å². The van der Waals surface area contributed by atoms with Gasteiger partial charge in [0.05, 0.1) is 6.61 Å². The number of hydrogen-bond donors (Lipinski definition) is 1. The van der Waals surface area contributed by atoms with Crippen LogP contribution in [0.15, 0.2) is 30.3 Å². The number of hydrogen-bond acceptors (Lipinski definition) is 5. The Morgan fingerprint density at radius 2 is 1.56 bits per heavy atom. The Balaban J connectivity index is 1.54. The minimum Gasteiger partial charge on any atom is -0.459 e. The topological polar surface area (TPSA) is 88.2 Å². The van der Waals surface area contributed by atoms with Crippen LogP contribution >= 0.6 is 0 Å². The van der Waals surface area contributed by atoms with Crippen molar-refractivity contribution in [2.24, 2.45) is 5.92 Å². The van der Waals surface area contributed by atoms with E-state index in [1.54, 1.807) is 9.80 Å². The number of piperazine rings is 1. The molecular formula is C24H35N3O5. The molecule has 176 valence electrons. The Bertz CT molecular complexity index is 769. The standard InChI is InChI=1S/C24H35N3O5/c1-19(2)17-32-23(30)27-15-13-26(14-16-27)22(29)25-24(11-7-4-8-12-24)21(28)31-18-20-9-5-3-6-10-20/h3,5-6,9-10,19H,4,7-8,11-18H2,1-2H3,(H,25,29). The van der Waals surface area contributed by atoms with Crippen LogP contribution in [0.3, 0.4) is 0 Å². The smallest absolute Gasteiger partial charge is 0.409 e. The molecule has 0 aromatic heterocycles. The van der Waals surface area contributed by atoms with E-state index < -0.39 is 5.54 Å². The summed E-state index contributed by atoms with van der Waals surface area (Å²) in [6.45, 7) is 6.17. The fourth-order valence-corrected chi connectivity index (χ4v) is 4.10. The lowest BCUT2D eigenvalue weighted by Crippen LogP contribution is -2.61. The van der Waals surface area contributed by atoms with Crippen LogP contribution in [0.4, 0.5) is 9.59 Å². The van der Waals surface area contributed by atoms with Crippen molar-refractivity contribution in [3.8, 4) is 0 Å². The number of urea groups is 1. The Morgan fingerprint density at radius 1 is 0.938 bits per heavy atom. The predicted molar refractivity (Wildman–Crippen MR) is 120 cm³/mol. The third-order valence-electron chi connectivity index (χ3n) is 6.02. The summed E-state index contributed by atoms with van der Waals surface area (Å²) in [4.78, 5) is 41.5. The van der Waals surface area contributed by atoms with Gasteiger partial charge in [-0.3, -0.25) is 0 Å². The number of carbonyl (C=O) groups is 3. The second-order valence-electron chi connectivity index (χ2n) is 9.08. The molecule has 1 aromatic carbocycles. The van der Waals surface area contributed by atoms with E-state index in [1.807, 2.05) is 44.2 Å². The second kappa shape index (κ2) is 11.2. The van der Waals surface area contributed by atoms with E-state index in [0.29, 0.717) is 45.6 Å². The number of amides is 3. The molecule has 1 aliphatic heterocycles. The highest BCUT2D eigenvalue weighted by atomic mass is 16.6. The first-order chi connectivity index (χ1) is 15.4. The number of rotatable bonds is 6. The van der Waals surface area contributed by atoms with Crippen molar-refractivity contribution in [3.05, 3.63) is 35.9 Å². The zero-order valence-corrected chi connectivity index (χ0v) is 19.2. The zero-order valence-electron chi connectivity index (χ0n) is 19.2. The van der Waals surface area contributed by atoms with Gasteiger partial charge in [-0.2, -0.15) is 0 Å². The minimum absolute atomic E-state index is 0.189. The van der Waals surface area contributed by atoms with E-state index in [9.17, 15) is 14.4 Å². The fourth-order valence-electron chi connectivity index (χ4n) is 4.10. The van der Waals surface area contributed by atoms with Crippen molar-refractivity contribution >= 4 is 18.1 Å². The van der Waals surface area contributed by atoms with Crippen molar-refractivity contribution in [2.75, 3.05) is 32.8 Å². The summed E-state index contributed by atoms with van der Waals surface area (Å²) in [7, 11) is 0. The molecule has 32 heavy (non-hydrogen) atoms. The summed E-state index contributed by atoms with van der Waals surface area (Å²) in [5.74, 6) is -0.0929. The quantitative estimate of drug-likeness (QED) is 0.677. The van der Waals surface area contributed by atoms with Gasteiger partial charge in [0, 0.05) is 26.2 Å². The van der Waals surface area contributed by atoms with Crippen LogP contribution in [0, 0.1) is 5.92 Å². The largest absolute Gasteiger partial charge is 0.459 e. The lowest BCUT2D eigenvalue weighted by atomic mass is 9.81. The van der Waals surface area contributed by atoms with Gasteiger partial charge in [0.25, 0.3) is 0 Å². The van der Waals surface area contributed by atoms with Gasteiger partial charge in [-0.1, -0.05) is 63.4 Å². The third-order valence-corrected chi connectivity index (χ3v) is 6.02. The van der Waals surface area contributed by atoms with Gasteiger partial charge >= 0.3 is 18.1 Å². The van der Waals surface area contributed by atoms with Gasteiger partial charge in [0.15, 0.2) is 0 Å². The monoisotopic (exact) mass is 445 g/mol. The van der Waals surface area contributed by atoms with Gasteiger partial charge < -0.3 is 24.6 Å². The fraction of sp³-hybridized carbons (Fsp3) is 0.625. The molecule has 8 heteroatoms. The lowest BCUT2D eigenvalue weighted by Gasteiger charge is -2.39. The number of nitrogens with one attached hydrogen (secondary N) is 1. The molecule has 2 fully saturated rings. The molecular weight excluding hydrogens is 410 g/mol. The maximum absolute atomic E-state index is 13.1. The van der Waals surface area contributed by atoms with Crippen LogP contribution in [-0.2, 0) is 20.9 Å². The lowest BCUT2D eigenvalue weighted by molar-refractivity contribution is -0.154. The molecule has 0 spiro atoms. The first-order valence-electron chi connectivity index (χ1n) is 11.6. The van der Waals surface area contributed by atoms with E-state index in [-0.39, 0.29) is 30.6 Å².